The first-order chi connectivity index (χ1) is 9.45. The van der Waals surface area contributed by atoms with Gasteiger partial charge in [0.2, 0.25) is 0 Å². The van der Waals surface area contributed by atoms with Crippen LogP contribution >= 0.6 is 0 Å². The van der Waals surface area contributed by atoms with E-state index in [0.717, 1.165) is 11.6 Å². The molecule has 0 amide bonds. The first-order valence-electron chi connectivity index (χ1n) is 5.92. The lowest BCUT2D eigenvalue weighted by Crippen LogP contribution is -2.07. The van der Waals surface area contributed by atoms with Crippen LogP contribution in [0.2, 0.25) is 0 Å². The number of benzene rings is 2. The highest BCUT2D eigenvalue weighted by Crippen LogP contribution is 2.22. The summed E-state index contributed by atoms with van der Waals surface area (Å²) in [5.74, 6) is -1.33. The molecule has 0 aromatic heterocycles. The Balaban J connectivity index is 2.14. The maximum Gasteiger partial charge on any atom is 0.269 e. The third-order valence-electron chi connectivity index (χ3n) is 2.85. The van der Waals surface area contributed by atoms with Crippen molar-refractivity contribution < 1.29 is 13.7 Å². The molecule has 0 saturated carbocycles. The van der Waals surface area contributed by atoms with Crippen molar-refractivity contribution in [3.05, 3.63) is 69.8 Å². The summed E-state index contributed by atoms with van der Waals surface area (Å²) in [4.78, 5) is 10.1. The van der Waals surface area contributed by atoms with Crippen molar-refractivity contribution in [2.45, 2.75) is 13.0 Å². The standard InChI is InChI=1S/C14H12F2N2O2/c1-9(10-2-4-14(5-3-10)18(19)20)17-13-7-11(15)6-12(16)8-13/h2-9,17H,1H3. The van der Waals surface area contributed by atoms with Crippen LogP contribution in [0.15, 0.2) is 42.5 Å². The third-order valence-corrected chi connectivity index (χ3v) is 2.85. The molecule has 2 aromatic rings. The van der Waals surface area contributed by atoms with E-state index < -0.39 is 16.6 Å². The Labute approximate surface area is 114 Å². The van der Waals surface area contributed by atoms with E-state index in [1.165, 1.54) is 24.3 Å². The number of nitrogens with zero attached hydrogens (tertiary/aromatic N) is 1. The second kappa shape index (κ2) is 5.64. The summed E-state index contributed by atoms with van der Waals surface area (Å²) in [5, 5.41) is 13.5. The fourth-order valence-corrected chi connectivity index (χ4v) is 1.86. The minimum Gasteiger partial charge on any atom is -0.378 e. The summed E-state index contributed by atoms with van der Waals surface area (Å²) >= 11 is 0. The number of rotatable bonds is 4. The summed E-state index contributed by atoms with van der Waals surface area (Å²) in [5.41, 5.74) is 1.09. The van der Waals surface area contributed by atoms with Crippen molar-refractivity contribution in [3.63, 3.8) is 0 Å². The zero-order valence-corrected chi connectivity index (χ0v) is 10.6. The Morgan fingerprint density at radius 2 is 1.65 bits per heavy atom. The Morgan fingerprint density at radius 3 is 2.15 bits per heavy atom. The van der Waals surface area contributed by atoms with Gasteiger partial charge in [-0.2, -0.15) is 0 Å². The van der Waals surface area contributed by atoms with Crippen LogP contribution in [0.25, 0.3) is 0 Å². The Bertz CT molecular complexity index is 609. The van der Waals surface area contributed by atoms with Gasteiger partial charge in [-0.3, -0.25) is 10.1 Å². The molecule has 0 aliphatic rings. The summed E-state index contributed by atoms with van der Waals surface area (Å²) in [7, 11) is 0. The van der Waals surface area contributed by atoms with Crippen LogP contribution in [0.1, 0.15) is 18.5 Å². The van der Waals surface area contributed by atoms with Gasteiger partial charge in [0.25, 0.3) is 5.69 Å². The number of non-ortho nitro benzene ring substituents is 1. The summed E-state index contributed by atoms with van der Waals surface area (Å²) < 4.78 is 26.1. The summed E-state index contributed by atoms with van der Waals surface area (Å²) in [6.45, 7) is 1.80. The van der Waals surface area contributed by atoms with E-state index in [9.17, 15) is 18.9 Å². The van der Waals surface area contributed by atoms with Crippen LogP contribution in [-0.4, -0.2) is 4.92 Å². The van der Waals surface area contributed by atoms with E-state index in [1.807, 2.05) is 0 Å². The molecule has 20 heavy (non-hydrogen) atoms. The highest BCUT2D eigenvalue weighted by molar-refractivity contribution is 5.46. The quantitative estimate of drug-likeness (QED) is 0.678. The fourth-order valence-electron chi connectivity index (χ4n) is 1.86. The van der Waals surface area contributed by atoms with Gasteiger partial charge in [-0.1, -0.05) is 12.1 Å². The molecule has 0 aliphatic heterocycles. The zero-order chi connectivity index (χ0) is 14.7. The van der Waals surface area contributed by atoms with Gasteiger partial charge in [0.05, 0.1) is 4.92 Å². The number of nitro benzene ring substituents is 1. The predicted molar refractivity (Wildman–Crippen MR) is 71.5 cm³/mol. The molecule has 0 radical (unpaired) electrons. The van der Waals surface area contributed by atoms with E-state index in [2.05, 4.69) is 5.32 Å². The maximum atomic E-state index is 13.1. The lowest BCUT2D eigenvalue weighted by molar-refractivity contribution is -0.384. The topological polar surface area (TPSA) is 55.2 Å². The van der Waals surface area contributed by atoms with E-state index in [-0.39, 0.29) is 11.7 Å². The van der Waals surface area contributed by atoms with Crippen molar-refractivity contribution >= 4 is 11.4 Å². The number of nitrogens with one attached hydrogen (secondary N) is 1. The molecule has 1 unspecified atom stereocenters. The van der Waals surface area contributed by atoms with Gasteiger partial charge in [-0.25, -0.2) is 8.78 Å². The van der Waals surface area contributed by atoms with Crippen LogP contribution < -0.4 is 5.32 Å². The summed E-state index contributed by atoms with van der Waals surface area (Å²) in [6.07, 6.45) is 0. The number of halogens is 2. The van der Waals surface area contributed by atoms with Crippen LogP contribution in [0.5, 0.6) is 0 Å². The molecule has 0 saturated heterocycles. The van der Waals surface area contributed by atoms with Gasteiger partial charge >= 0.3 is 0 Å². The lowest BCUT2D eigenvalue weighted by Gasteiger charge is -2.15. The summed E-state index contributed by atoms with van der Waals surface area (Å²) in [6, 6.07) is 8.91. The number of nitro groups is 1. The lowest BCUT2D eigenvalue weighted by atomic mass is 10.1. The van der Waals surface area contributed by atoms with Gasteiger partial charge < -0.3 is 5.32 Å². The molecular weight excluding hydrogens is 266 g/mol. The normalized spacial score (nSPS) is 11.9. The average Bonchev–Trinajstić information content (AvgIpc) is 2.37. The molecular formula is C14H12F2N2O2. The monoisotopic (exact) mass is 278 g/mol. The highest BCUT2D eigenvalue weighted by Gasteiger charge is 2.10. The van der Waals surface area contributed by atoms with Crippen LogP contribution in [0, 0.1) is 21.7 Å². The molecule has 2 aromatic carbocycles. The second-order valence-corrected chi connectivity index (χ2v) is 4.37. The molecule has 0 spiro atoms. The van der Waals surface area contributed by atoms with Crippen LogP contribution in [0.3, 0.4) is 0 Å². The molecule has 6 heteroatoms. The van der Waals surface area contributed by atoms with Crippen molar-refractivity contribution in [2.75, 3.05) is 5.32 Å². The van der Waals surface area contributed by atoms with Crippen molar-refractivity contribution in [1.82, 2.24) is 0 Å². The van der Waals surface area contributed by atoms with Crippen LogP contribution in [-0.2, 0) is 0 Å². The molecule has 2 rings (SSSR count). The molecule has 4 nitrogen and oxygen atoms in total. The SMILES string of the molecule is CC(Nc1cc(F)cc(F)c1)c1ccc([N+](=O)[O-])cc1. The Hall–Kier alpha value is -2.50. The largest absolute Gasteiger partial charge is 0.378 e. The minimum atomic E-state index is -0.664. The molecule has 0 heterocycles. The van der Waals surface area contributed by atoms with Crippen LogP contribution in [0.4, 0.5) is 20.2 Å². The molecule has 0 bridgehead atoms. The first-order valence-corrected chi connectivity index (χ1v) is 5.92. The van der Waals surface area contributed by atoms with E-state index in [0.29, 0.717) is 5.69 Å². The molecule has 1 atom stereocenters. The molecule has 104 valence electrons. The Morgan fingerprint density at radius 1 is 1.10 bits per heavy atom. The second-order valence-electron chi connectivity index (χ2n) is 4.37. The number of hydrogen-bond acceptors (Lipinski definition) is 3. The maximum absolute atomic E-state index is 13.1. The van der Waals surface area contributed by atoms with Gasteiger partial charge in [-0.15, -0.1) is 0 Å². The third kappa shape index (κ3) is 3.28. The smallest absolute Gasteiger partial charge is 0.269 e. The van der Waals surface area contributed by atoms with Gasteiger partial charge in [0.1, 0.15) is 11.6 Å². The average molecular weight is 278 g/mol. The van der Waals surface area contributed by atoms with Gasteiger partial charge in [-0.05, 0) is 24.6 Å². The Kier molecular flexibility index (Phi) is 3.93. The van der Waals surface area contributed by atoms with Crippen molar-refractivity contribution in [3.8, 4) is 0 Å². The molecule has 0 aliphatic carbocycles. The molecule has 0 fully saturated rings. The van der Waals surface area contributed by atoms with E-state index >= 15 is 0 Å². The fraction of sp³-hybridized carbons (Fsp3) is 0.143. The predicted octanol–water partition coefficient (Wildman–Crippen LogP) is 4.05. The highest BCUT2D eigenvalue weighted by atomic mass is 19.1. The first kappa shape index (κ1) is 13.9. The number of hydrogen-bond donors (Lipinski definition) is 1. The van der Waals surface area contributed by atoms with Gasteiger partial charge in [0, 0.05) is 29.9 Å². The molecule has 1 N–H and O–H groups in total. The van der Waals surface area contributed by atoms with Gasteiger partial charge in [0.15, 0.2) is 0 Å². The van der Waals surface area contributed by atoms with E-state index in [1.54, 1.807) is 19.1 Å². The van der Waals surface area contributed by atoms with Crippen molar-refractivity contribution in [2.24, 2.45) is 0 Å². The minimum absolute atomic E-state index is 0.00208. The van der Waals surface area contributed by atoms with Crippen molar-refractivity contribution in [1.29, 1.82) is 0 Å². The van der Waals surface area contributed by atoms with E-state index in [4.69, 9.17) is 0 Å². The number of anilines is 1. The zero-order valence-electron chi connectivity index (χ0n) is 10.6.